The molecule has 0 saturated heterocycles. The minimum absolute atomic E-state index is 0.0447. The summed E-state index contributed by atoms with van der Waals surface area (Å²) < 4.78 is 10.2. The fourth-order valence-corrected chi connectivity index (χ4v) is 1.89. The van der Waals surface area contributed by atoms with Gasteiger partial charge in [0.1, 0.15) is 17.2 Å². The Morgan fingerprint density at radius 1 is 1.17 bits per heavy atom. The van der Waals surface area contributed by atoms with Crippen molar-refractivity contribution in [1.29, 1.82) is 0 Å². The number of hydrogen-bond donors (Lipinski definition) is 3. The fourth-order valence-electron chi connectivity index (χ4n) is 1.89. The topological polar surface area (TPSA) is 92.2 Å². The van der Waals surface area contributed by atoms with Gasteiger partial charge in [0.2, 0.25) is 0 Å². The number of hydrogen-bond acceptors (Lipinski definition) is 6. The van der Waals surface area contributed by atoms with Crippen LogP contribution in [0.25, 0.3) is 0 Å². The Balaban J connectivity index is 1.86. The van der Waals surface area contributed by atoms with Crippen molar-refractivity contribution >= 4 is 17.8 Å². The molecule has 0 fully saturated rings. The van der Waals surface area contributed by atoms with Crippen LogP contribution in [0.1, 0.15) is 5.56 Å². The van der Waals surface area contributed by atoms with E-state index in [0.29, 0.717) is 17.1 Å². The summed E-state index contributed by atoms with van der Waals surface area (Å²) >= 11 is 0. The summed E-state index contributed by atoms with van der Waals surface area (Å²) in [6, 6.07) is 12.0. The molecule has 1 amide bonds. The lowest BCUT2D eigenvalue weighted by Gasteiger charge is -2.07. The number of nitrogens with zero attached hydrogens (tertiary/aromatic N) is 1. The highest BCUT2D eigenvalue weighted by atomic mass is 16.5. The number of ether oxygens (including phenoxy) is 2. The molecule has 0 spiro atoms. The number of rotatable bonds is 7. The van der Waals surface area contributed by atoms with Gasteiger partial charge in [-0.3, -0.25) is 4.79 Å². The molecule has 126 valence electrons. The van der Waals surface area contributed by atoms with Crippen LogP contribution in [0, 0.1) is 0 Å². The average Bonchev–Trinajstić information content (AvgIpc) is 2.61. The number of benzene rings is 2. The molecule has 2 aromatic carbocycles. The first-order chi connectivity index (χ1) is 11.6. The second-order valence-electron chi connectivity index (χ2n) is 4.80. The van der Waals surface area contributed by atoms with Crippen molar-refractivity contribution < 1.29 is 19.4 Å². The molecule has 0 aromatic heterocycles. The summed E-state index contributed by atoms with van der Waals surface area (Å²) in [5.74, 6) is 1.01. The Morgan fingerprint density at radius 3 is 2.67 bits per heavy atom. The van der Waals surface area contributed by atoms with Gasteiger partial charge in [-0.2, -0.15) is 5.10 Å². The molecule has 7 heteroatoms. The fraction of sp³-hybridized carbons (Fsp3) is 0.176. The molecule has 0 heterocycles. The zero-order valence-electron chi connectivity index (χ0n) is 13.4. The zero-order chi connectivity index (χ0) is 17.4. The maximum absolute atomic E-state index is 11.8. The lowest BCUT2D eigenvalue weighted by Crippen LogP contribution is -2.25. The molecule has 24 heavy (non-hydrogen) atoms. The molecule has 0 saturated carbocycles. The third-order valence-corrected chi connectivity index (χ3v) is 3.15. The molecular weight excluding hydrogens is 310 g/mol. The largest absolute Gasteiger partial charge is 0.507 e. The molecule has 7 nitrogen and oxygen atoms in total. The van der Waals surface area contributed by atoms with Crippen LogP contribution >= 0.6 is 0 Å². The molecule has 0 atom stereocenters. The van der Waals surface area contributed by atoms with E-state index in [9.17, 15) is 9.90 Å². The first-order valence-corrected chi connectivity index (χ1v) is 7.19. The van der Waals surface area contributed by atoms with Gasteiger partial charge in [0.25, 0.3) is 5.91 Å². The van der Waals surface area contributed by atoms with Gasteiger partial charge in [0, 0.05) is 17.3 Å². The number of aromatic hydroxyl groups is 1. The van der Waals surface area contributed by atoms with Crippen molar-refractivity contribution in [2.24, 2.45) is 5.10 Å². The molecule has 0 aliphatic heterocycles. The SMILES string of the molecule is COc1cccc(NCC(=O)N/N=C/c2cc(OC)ccc2O)c1. The van der Waals surface area contributed by atoms with Crippen molar-refractivity contribution in [2.45, 2.75) is 0 Å². The van der Waals surface area contributed by atoms with E-state index in [2.05, 4.69) is 15.8 Å². The number of phenols is 1. The van der Waals surface area contributed by atoms with Gasteiger partial charge in [-0.25, -0.2) is 5.43 Å². The van der Waals surface area contributed by atoms with Crippen molar-refractivity contribution in [3.8, 4) is 17.2 Å². The Kier molecular flexibility index (Phi) is 6.01. The van der Waals surface area contributed by atoms with Gasteiger partial charge in [-0.15, -0.1) is 0 Å². The highest BCUT2D eigenvalue weighted by Gasteiger charge is 2.02. The molecular formula is C17H19N3O4. The summed E-state index contributed by atoms with van der Waals surface area (Å²) in [6.07, 6.45) is 1.35. The summed E-state index contributed by atoms with van der Waals surface area (Å²) in [5, 5.41) is 16.5. The summed E-state index contributed by atoms with van der Waals surface area (Å²) in [5.41, 5.74) is 3.58. The Hall–Kier alpha value is -3.22. The Labute approximate surface area is 139 Å². The first kappa shape index (κ1) is 17.1. The van der Waals surface area contributed by atoms with Crippen molar-refractivity contribution in [3.05, 3.63) is 48.0 Å². The van der Waals surface area contributed by atoms with Crippen molar-refractivity contribution in [2.75, 3.05) is 26.1 Å². The number of hydrazone groups is 1. The third-order valence-electron chi connectivity index (χ3n) is 3.15. The predicted molar refractivity (Wildman–Crippen MR) is 91.9 cm³/mol. The normalized spacial score (nSPS) is 10.4. The first-order valence-electron chi connectivity index (χ1n) is 7.19. The third kappa shape index (κ3) is 4.91. The van der Waals surface area contributed by atoms with E-state index in [0.717, 1.165) is 5.69 Å². The van der Waals surface area contributed by atoms with E-state index in [1.807, 2.05) is 18.2 Å². The molecule has 0 radical (unpaired) electrons. The van der Waals surface area contributed by atoms with Gasteiger partial charge in [-0.1, -0.05) is 6.07 Å². The summed E-state index contributed by atoms with van der Waals surface area (Å²) in [6.45, 7) is 0.0502. The van der Waals surface area contributed by atoms with E-state index in [1.165, 1.54) is 19.4 Å². The lowest BCUT2D eigenvalue weighted by molar-refractivity contribution is -0.119. The number of carbonyl (C=O) groups excluding carboxylic acids is 1. The van der Waals surface area contributed by atoms with Crippen molar-refractivity contribution in [3.63, 3.8) is 0 Å². The van der Waals surface area contributed by atoms with Crippen LogP contribution in [0.4, 0.5) is 5.69 Å². The summed E-state index contributed by atoms with van der Waals surface area (Å²) in [7, 11) is 3.11. The van der Waals surface area contributed by atoms with Gasteiger partial charge < -0.3 is 19.9 Å². The van der Waals surface area contributed by atoms with Crippen LogP contribution in [-0.2, 0) is 4.79 Å². The van der Waals surface area contributed by atoms with Gasteiger partial charge >= 0.3 is 0 Å². The van der Waals surface area contributed by atoms with Crippen LogP contribution in [0.2, 0.25) is 0 Å². The molecule has 3 N–H and O–H groups in total. The smallest absolute Gasteiger partial charge is 0.259 e. The minimum Gasteiger partial charge on any atom is -0.507 e. The van der Waals surface area contributed by atoms with E-state index < -0.39 is 0 Å². The zero-order valence-corrected chi connectivity index (χ0v) is 13.4. The number of amides is 1. The Morgan fingerprint density at radius 2 is 1.92 bits per heavy atom. The Bertz CT molecular complexity index is 732. The highest BCUT2D eigenvalue weighted by Crippen LogP contribution is 2.21. The lowest BCUT2D eigenvalue weighted by atomic mass is 10.2. The molecule has 0 aliphatic carbocycles. The number of carbonyl (C=O) groups is 1. The van der Waals surface area contributed by atoms with Crippen molar-refractivity contribution in [1.82, 2.24) is 5.43 Å². The number of nitrogens with one attached hydrogen (secondary N) is 2. The molecule has 0 unspecified atom stereocenters. The monoisotopic (exact) mass is 329 g/mol. The predicted octanol–water partition coefficient (Wildman–Crippen LogP) is 1.97. The van der Waals surface area contributed by atoms with E-state index in [1.54, 1.807) is 25.3 Å². The maximum atomic E-state index is 11.8. The molecule has 2 aromatic rings. The van der Waals surface area contributed by atoms with Crippen LogP contribution in [0.5, 0.6) is 17.2 Å². The van der Waals surface area contributed by atoms with Gasteiger partial charge in [0.15, 0.2) is 0 Å². The second-order valence-corrected chi connectivity index (χ2v) is 4.80. The second kappa shape index (κ2) is 8.42. The van der Waals surface area contributed by atoms with E-state index in [-0.39, 0.29) is 18.2 Å². The highest BCUT2D eigenvalue weighted by molar-refractivity contribution is 5.86. The number of anilines is 1. The van der Waals surface area contributed by atoms with Gasteiger partial charge in [0.05, 0.1) is 27.0 Å². The minimum atomic E-state index is -0.323. The number of methoxy groups -OCH3 is 2. The van der Waals surface area contributed by atoms with Crippen LogP contribution in [-0.4, -0.2) is 38.0 Å². The van der Waals surface area contributed by atoms with Gasteiger partial charge in [-0.05, 0) is 30.3 Å². The average molecular weight is 329 g/mol. The van der Waals surface area contributed by atoms with E-state index >= 15 is 0 Å². The van der Waals surface area contributed by atoms with Crippen LogP contribution in [0.15, 0.2) is 47.6 Å². The quantitative estimate of drug-likeness (QED) is 0.533. The van der Waals surface area contributed by atoms with Crippen LogP contribution < -0.4 is 20.2 Å². The number of phenolic OH excluding ortho intramolecular Hbond substituents is 1. The summed E-state index contributed by atoms with van der Waals surface area (Å²) in [4.78, 5) is 11.8. The van der Waals surface area contributed by atoms with E-state index in [4.69, 9.17) is 9.47 Å². The molecule has 0 aliphatic rings. The standard InChI is InChI=1S/C17H19N3O4/c1-23-14-5-3-4-13(9-14)18-11-17(22)20-19-10-12-8-15(24-2)6-7-16(12)21/h3-10,18,21H,11H2,1-2H3,(H,20,22)/b19-10+. The molecule has 0 bridgehead atoms. The maximum Gasteiger partial charge on any atom is 0.259 e. The van der Waals surface area contributed by atoms with Crippen LogP contribution in [0.3, 0.4) is 0 Å². The molecule has 2 rings (SSSR count).